The first kappa shape index (κ1) is 15.0. The summed E-state index contributed by atoms with van der Waals surface area (Å²) in [4.78, 5) is 13.2. The molecule has 1 atom stereocenters. The Balaban J connectivity index is 1.59. The van der Waals surface area contributed by atoms with Crippen LogP contribution in [0.5, 0.6) is 0 Å². The predicted molar refractivity (Wildman–Crippen MR) is 79.3 cm³/mol. The maximum atomic E-state index is 11.3. The van der Waals surface area contributed by atoms with Crippen LogP contribution in [0, 0.1) is 5.92 Å². The molecule has 112 valence electrons. The molecule has 0 bridgehead atoms. The molecule has 0 unspecified atom stereocenters. The third-order valence-corrected chi connectivity index (χ3v) is 4.17. The quantitative estimate of drug-likeness (QED) is 0.858. The van der Waals surface area contributed by atoms with Gasteiger partial charge >= 0.3 is 0 Å². The second-order valence-electron chi connectivity index (χ2n) is 5.82. The summed E-state index contributed by atoms with van der Waals surface area (Å²) in [5.41, 5.74) is 0. The summed E-state index contributed by atoms with van der Waals surface area (Å²) >= 11 is 0. The van der Waals surface area contributed by atoms with Crippen molar-refractivity contribution >= 4 is 5.91 Å². The Bertz CT molecular complexity index is 396. The van der Waals surface area contributed by atoms with Crippen LogP contribution in [-0.2, 0) is 11.3 Å². The van der Waals surface area contributed by atoms with Crippen molar-refractivity contribution in [1.82, 2.24) is 20.0 Å². The lowest BCUT2D eigenvalue weighted by Gasteiger charge is -2.32. The van der Waals surface area contributed by atoms with Crippen LogP contribution in [0.4, 0.5) is 0 Å². The number of piperidine rings is 1. The molecular formula is C15H26N4O. The third kappa shape index (κ3) is 4.63. The van der Waals surface area contributed by atoms with Crippen LogP contribution in [-0.4, -0.2) is 46.3 Å². The van der Waals surface area contributed by atoms with Crippen molar-refractivity contribution in [2.24, 2.45) is 5.92 Å². The molecule has 1 N–H and O–H groups in total. The van der Waals surface area contributed by atoms with Crippen molar-refractivity contribution in [2.75, 3.05) is 19.6 Å². The number of aryl methyl sites for hydroxylation is 1. The standard InChI is InChI=1S/C15H26N4O/c1-13(4-11-19-8-3-7-17-19)16-12-15-5-9-18(10-6-15)14(2)20/h3,7-8,13,15-16H,4-6,9-12H2,1-2H3/t13-/m0/s1. The van der Waals surface area contributed by atoms with E-state index >= 15 is 0 Å². The molecule has 1 saturated heterocycles. The summed E-state index contributed by atoms with van der Waals surface area (Å²) in [6.45, 7) is 7.76. The average Bonchev–Trinajstić information content (AvgIpc) is 2.96. The molecule has 20 heavy (non-hydrogen) atoms. The molecule has 2 heterocycles. The van der Waals surface area contributed by atoms with Gasteiger partial charge in [-0.3, -0.25) is 9.48 Å². The number of hydrogen-bond acceptors (Lipinski definition) is 3. The van der Waals surface area contributed by atoms with Crippen LogP contribution in [0.15, 0.2) is 18.5 Å². The van der Waals surface area contributed by atoms with Crippen molar-refractivity contribution in [3.8, 4) is 0 Å². The fourth-order valence-electron chi connectivity index (χ4n) is 2.68. The highest BCUT2D eigenvalue weighted by atomic mass is 16.2. The zero-order chi connectivity index (χ0) is 14.4. The Kier molecular flexibility index (Phi) is 5.59. The molecule has 1 fully saturated rings. The van der Waals surface area contributed by atoms with Gasteiger partial charge in [-0.25, -0.2) is 0 Å². The SMILES string of the molecule is CC(=O)N1CCC(CN[C@@H](C)CCn2cccn2)CC1. The highest BCUT2D eigenvalue weighted by Gasteiger charge is 2.20. The predicted octanol–water partition coefficient (Wildman–Crippen LogP) is 1.51. The third-order valence-electron chi connectivity index (χ3n) is 4.17. The van der Waals surface area contributed by atoms with E-state index in [1.807, 2.05) is 28.0 Å². The Morgan fingerprint density at radius 3 is 2.80 bits per heavy atom. The van der Waals surface area contributed by atoms with Gasteiger partial charge in [0.25, 0.3) is 0 Å². The molecule has 1 aromatic rings. The zero-order valence-corrected chi connectivity index (χ0v) is 12.6. The summed E-state index contributed by atoms with van der Waals surface area (Å²) in [5.74, 6) is 0.918. The molecular weight excluding hydrogens is 252 g/mol. The smallest absolute Gasteiger partial charge is 0.219 e. The number of rotatable bonds is 6. The molecule has 0 aliphatic carbocycles. The minimum Gasteiger partial charge on any atom is -0.343 e. The molecule has 0 radical (unpaired) electrons. The Morgan fingerprint density at radius 2 is 2.20 bits per heavy atom. The van der Waals surface area contributed by atoms with Gasteiger partial charge < -0.3 is 10.2 Å². The molecule has 1 aromatic heterocycles. The van der Waals surface area contributed by atoms with Gasteiger partial charge in [-0.1, -0.05) is 0 Å². The van der Waals surface area contributed by atoms with E-state index in [9.17, 15) is 4.79 Å². The number of carbonyl (C=O) groups excluding carboxylic acids is 1. The van der Waals surface area contributed by atoms with Crippen LogP contribution in [0.25, 0.3) is 0 Å². The first-order chi connectivity index (χ1) is 9.65. The van der Waals surface area contributed by atoms with E-state index in [4.69, 9.17) is 0 Å². The normalized spacial score (nSPS) is 18.2. The highest BCUT2D eigenvalue weighted by molar-refractivity contribution is 5.73. The van der Waals surface area contributed by atoms with Gasteiger partial charge in [0.05, 0.1) is 0 Å². The summed E-state index contributed by atoms with van der Waals surface area (Å²) < 4.78 is 1.98. The molecule has 0 spiro atoms. The first-order valence-electron chi connectivity index (χ1n) is 7.61. The van der Waals surface area contributed by atoms with Crippen LogP contribution in [0.2, 0.25) is 0 Å². The maximum Gasteiger partial charge on any atom is 0.219 e. The van der Waals surface area contributed by atoms with E-state index in [0.29, 0.717) is 12.0 Å². The number of amides is 1. The number of hydrogen-bond donors (Lipinski definition) is 1. The fourth-order valence-corrected chi connectivity index (χ4v) is 2.68. The van der Waals surface area contributed by atoms with Gasteiger partial charge in [-0.15, -0.1) is 0 Å². The molecule has 2 rings (SSSR count). The van der Waals surface area contributed by atoms with E-state index in [1.54, 1.807) is 6.92 Å². The fraction of sp³-hybridized carbons (Fsp3) is 0.733. The Hall–Kier alpha value is -1.36. The van der Waals surface area contributed by atoms with Gasteiger partial charge in [0.1, 0.15) is 0 Å². The van der Waals surface area contributed by atoms with Gasteiger partial charge in [0.15, 0.2) is 0 Å². The van der Waals surface area contributed by atoms with E-state index in [2.05, 4.69) is 17.3 Å². The average molecular weight is 278 g/mol. The summed E-state index contributed by atoms with van der Waals surface area (Å²) in [5, 5.41) is 7.83. The number of likely N-dealkylation sites (tertiary alicyclic amines) is 1. The second-order valence-corrected chi connectivity index (χ2v) is 5.82. The van der Waals surface area contributed by atoms with Crippen molar-refractivity contribution < 1.29 is 4.79 Å². The van der Waals surface area contributed by atoms with Gasteiger partial charge in [-0.2, -0.15) is 5.10 Å². The first-order valence-corrected chi connectivity index (χ1v) is 7.61. The maximum absolute atomic E-state index is 11.3. The van der Waals surface area contributed by atoms with Crippen molar-refractivity contribution in [3.05, 3.63) is 18.5 Å². The Morgan fingerprint density at radius 1 is 1.45 bits per heavy atom. The van der Waals surface area contributed by atoms with E-state index in [1.165, 1.54) is 0 Å². The van der Waals surface area contributed by atoms with Gasteiger partial charge in [-0.05, 0) is 44.7 Å². The van der Waals surface area contributed by atoms with E-state index in [0.717, 1.165) is 45.4 Å². The minimum absolute atomic E-state index is 0.212. The van der Waals surface area contributed by atoms with Crippen molar-refractivity contribution in [2.45, 2.75) is 45.7 Å². The number of carbonyl (C=O) groups is 1. The summed E-state index contributed by atoms with van der Waals surface area (Å²) in [7, 11) is 0. The zero-order valence-electron chi connectivity index (χ0n) is 12.6. The van der Waals surface area contributed by atoms with Crippen molar-refractivity contribution in [1.29, 1.82) is 0 Å². The second kappa shape index (κ2) is 7.43. The van der Waals surface area contributed by atoms with E-state index in [-0.39, 0.29) is 5.91 Å². The van der Waals surface area contributed by atoms with Gasteiger partial charge in [0.2, 0.25) is 5.91 Å². The summed E-state index contributed by atoms with van der Waals surface area (Å²) in [6, 6.07) is 2.46. The van der Waals surface area contributed by atoms with Crippen LogP contribution in [0.1, 0.15) is 33.1 Å². The number of aromatic nitrogens is 2. The molecule has 1 aliphatic rings. The molecule has 5 heteroatoms. The molecule has 0 aromatic carbocycles. The topological polar surface area (TPSA) is 50.2 Å². The molecule has 1 aliphatic heterocycles. The van der Waals surface area contributed by atoms with Crippen molar-refractivity contribution in [3.63, 3.8) is 0 Å². The van der Waals surface area contributed by atoms with Crippen LogP contribution < -0.4 is 5.32 Å². The largest absolute Gasteiger partial charge is 0.343 e. The monoisotopic (exact) mass is 278 g/mol. The van der Waals surface area contributed by atoms with Crippen LogP contribution in [0.3, 0.4) is 0 Å². The highest BCUT2D eigenvalue weighted by Crippen LogP contribution is 2.16. The van der Waals surface area contributed by atoms with E-state index < -0.39 is 0 Å². The Labute approximate surface area is 121 Å². The number of nitrogens with one attached hydrogen (secondary N) is 1. The van der Waals surface area contributed by atoms with Gasteiger partial charge in [0, 0.05) is 45.0 Å². The minimum atomic E-state index is 0.212. The lowest BCUT2D eigenvalue weighted by Crippen LogP contribution is -2.41. The molecule has 5 nitrogen and oxygen atoms in total. The lowest BCUT2D eigenvalue weighted by atomic mass is 9.96. The van der Waals surface area contributed by atoms with Crippen LogP contribution >= 0.6 is 0 Å². The lowest BCUT2D eigenvalue weighted by molar-refractivity contribution is -0.130. The number of nitrogens with zero attached hydrogens (tertiary/aromatic N) is 3. The molecule has 1 amide bonds. The summed E-state index contributed by atoms with van der Waals surface area (Å²) in [6.07, 6.45) is 7.16. The molecule has 0 saturated carbocycles.